The van der Waals surface area contributed by atoms with Gasteiger partial charge in [-0.15, -0.1) is 0 Å². The molecule has 0 rings (SSSR count). The van der Waals surface area contributed by atoms with Crippen LogP contribution >= 0.6 is 0 Å². The van der Waals surface area contributed by atoms with E-state index in [1.54, 1.807) is 0 Å². The molecule has 0 aliphatic rings. The lowest BCUT2D eigenvalue weighted by molar-refractivity contribution is 0.00659. The Morgan fingerprint density at radius 3 is 1.38 bits per heavy atom. The smallest absolute Gasteiger partial charge is 0.217 e. The van der Waals surface area contributed by atoms with E-state index >= 15 is 0 Å². The van der Waals surface area contributed by atoms with E-state index in [4.69, 9.17) is 13.3 Å². The minimum absolute atomic E-state index is 0.0281. The van der Waals surface area contributed by atoms with Crippen LogP contribution in [0.25, 0.3) is 0 Å². The first kappa shape index (κ1) is 32.7. The fraction of sp³-hybridized carbons (Fsp3) is 1.00. The quantitative estimate of drug-likeness (QED) is 0.215. The standard InChI is InChI=1S/C25H60O3Si4/c1-18-23(7,29(9)26-25(20-3,21-4)30(10,11)12)22(5,6)27-32(16,17)24(8,19-2)28-31(13,14)15/h29H,18-21H2,1-17H3. The van der Waals surface area contributed by atoms with E-state index in [2.05, 4.69) is 114 Å². The van der Waals surface area contributed by atoms with Gasteiger partial charge in [0.05, 0.1) is 18.9 Å². The minimum Gasteiger partial charge on any atom is -0.417 e. The molecule has 0 aromatic rings. The molecule has 3 unspecified atom stereocenters. The first-order valence-corrected chi connectivity index (χ1v) is 25.1. The van der Waals surface area contributed by atoms with Gasteiger partial charge >= 0.3 is 0 Å². The fourth-order valence-electron chi connectivity index (χ4n) is 5.48. The van der Waals surface area contributed by atoms with Gasteiger partial charge < -0.3 is 13.3 Å². The third-order valence-electron chi connectivity index (χ3n) is 8.91. The van der Waals surface area contributed by atoms with Crippen LogP contribution in [0.15, 0.2) is 0 Å². The van der Waals surface area contributed by atoms with Gasteiger partial charge in [0.15, 0.2) is 17.4 Å². The number of rotatable bonds is 14. The molecule has 0 saturated heterocycles. The van der Waals surface area contributed by atoms with Crippen LogP contribution in [0.3, 0.4) is 0 Å². The second-order valence-electron chi connectivity index (χ2n) is 13.4. The predicted molar refractivity (Wildman–Crippen MR) is 155 cm³/mol. The highest BCUT2D eigenvalue weighted by molar-refractivity contribution is 6.79. The minimum atomic E-state index is -2.20. The SMILES string of the molecule is CCC(C)([SiH](C)OC(CC)(CC)[Si](C)(C)C)C(C)(C)O[Si](C)(C)C(C)(CC)O[Si](C)(C)C. The van der Waals surface area contributed by atoms with Gasteiger partial charge in [-0.25, -0.2) is 0 Å². The van der Waals surface area contributed by atoms with Crippen molar-refractivity contribution in [2.24, 2.45) is 0 Å². The van der Waals surface area contributed by atoms with Crippen molar-refractivity contribution in [1.82, 2.24) is 0 Å². The summed E-state index contributed by atoms with van der Waals surface area (Å²) in [6.07, 6.45) is 4.28. The van der Waals surface area contributed by atoms with E-state index in [0.717, 1.165) is 25.7 Å². The first-order valence-electron chi connectivity index (χ1n) is 13.1. The molecule has 0 saturated carbocycles. The van der Waals surface area contributed by atoms with E-state index in [-0.39, 0.29) is 21.1 Å². The Hall–Kier alpha value is 0.748. The highest BCUT2D eigenvalue weighted by Crippen LogP contribution is 2.51. The van der Waals surface area contributed by atoms with Crippen molar-refractivity contribution in [3.05, 3.63) is 0 Å². The third kappa shape index (κ3) is 6.91. The Bertz CT molecular complexity index is 591. The molecule has 0 aliphatic heterocycles. The molecule has 0 N–H and O–H groups in total. The van der Waals surface area contributed by atoms with Crippen molar-refractivity contribution >= 4 is 33.7 Å². The van der Waals surface area contributed by atoms with Crippen LogP contribution in [-0.4, -0.2) is 49.8 Å². The maximum Gasteiger partial charge on any atom is 0.217 e. The molecule has 0 aliphatic carbocycles. The van der Waals surface area contributed by atoms with Crippen LogP contribution in [0.4, 0.5) is 0 Å². The van der Waals surface area contributed by atoms with E-state index in [0.29, 0.717) is 0 Å². The summed E-state index contributed by atoms with van der Waals surface area (Å²) in [5.74, 6) is 0. The van der Waals surface area contributed by atoms with Crippen LogP contribution in [0.5, 0.6) is 0 Å². The van der Waals surface area contributed by atoms with Crippen LogP contribution in [0.2, 0.25) is 64.0 Å². The average molecular weight is 521 g/mol. The summed E-state index contributed by atoms with van der Waals surface area (Å²) in [4.78, 5) is 0. The normalized spacial score (nSPS) is 19.4. The van der Waals surface area contributed by atoms with Crippen molar-refractivity contribution in [3.63, 3.8) is 0 Å². The van der Waals surface area contributed by atoms with Gasteiger partial charge in [0.25, 0.3) is 0 Å². The zero-order chi connectivity index (χ0) is 26.0. The summed E-state index contributed by atoms with van der Waals surface area (Å²) in [5.41, 5.74) is -0.269. The van der Waals surface area contributed by atoms with Crippen molar-refractivity contribution in [3.8, 4) is 0 Å². The lowest BCUT2D eigenvalue weighted by Crippen LogP contribution is -2.65. The topological polar surface area (TPSA) is 27.7 Å². The molecular formula is C25H60O3Si4. The van der Waals surface area contributed by atoms with Crippen LogP contribution in [0.1, 0.15) is 81.1 Å². The van der Waals surface area contributed by atoms with Crippen LogP contribution < -0.4 is 0 Å². The molecule has 0 radical (unpaired) electrons. The van der Waals surface area contributed by atoms with E-state index < -0.39 is 33.7 Å². The monoisotopic (exact) mass is 520 g/mol. The molecule has 0 bridgehead atoms. The largest absolute Gasteiger partial charge is 0.417 e. The summed E-state index contributed by atoms with van der Waals surface area (Å²) in [6.45, 7) is 40.1. The van der Waals surface area contributed by atoms with Crippen molar-refractivity contribution in [1.29, 1.82) is 0 Å². The zero-order valence-electron chi connectivity index (χ0n) is 25.1. The third-order valence-corrected chi connectivity index (χ3v) is 21.7. The molecule has 3 atom stereocenters. The van der Waals surface area contributed by atoms with E-state index in [1.807, 2.05) is 0 Å². The fourth-order valence-corrected chi connectivity index (χ4v) is 18.5. The Kier molecular flexibility index (Phi) is 11.0. The summed E-state index contributed by atoms with van der Waals surface area (Å²) in [6, 6.07) is 0. The molecule has 0 heterocycles. The lowest BCUT2D eigenvalue weighted by Gasteiger charge is -2.56. The maximum absolute atomic E-state index is 7.27. The highest BCUT2D eigenvalue weighted by Gasteiger charge is 2.56. The van der Waals surface area contributed by atoms with E-state index in [9.17, 15) is 0 Å². The Balaban J connectivity index is 6.17. The van der Waals surface area contributed by atoms with Gasteiger partial charge in [0.2, 0.25) is 8.32 Å². The molecular weight excluding hydrogens is 461 g/mol. The maximum atomic E-state index is 7.27. The summed E-state index contributed by atoms with van der Waals surface area (Å²) < 4.78 is 21.3. The van der Waals surface area contributed by atoms with Gasteiger partial charge in [0.1, 0.15) is 0 Å². The molecule has 0 spiro atoms. The summed E-state index contributed by atoms with van der Waals surface area (Å²) in [5, 5.41) is -0.110. The molecule has 194 valence electrons. The van der Waals surface area contributed by atoms with Crippen molar-refractivity contribution < 1.29 is 13.3 Å². The van der Waals surface area contributed by atoms with Gasteiger partial charge in [-0.05, 0) is 85.7 Å². The van der Waals surface area contributed by atoms with Gasteiger partial charge in [-0.3, -0.25) is 0 Å². The molecule has 0 amide bonds. The van der Waals surface area contributed by atoms with Gasteiger partial charge in [-0.2, -0.15) is 0 Å². The van der Waals surface area contributed by atoms with E-state index in [1.165, 1.54) is 0 Å². The molecule has 32 heavy (non-hydrogen) atoms. The van der Waals surface area contributed by atoms with Crippen LogP contribution in [-0.2, 0) is 13.3 Å². The lowest BCUT2D eigenvalue weighted by atomic mass is 9.89. The second kappa shape index (κ2) is 10.8. The average Bonchev–Trinajstić information content (AvgIpc) is 2.61. The number of hydrogen-bond acceptors (Lipinski definition) is 3. The summed E-state index contributed by atoms with van der Waals surface area (Å²) in [7, 11) is -7.00. The van der Waals surface area contributed by atoms with Crippen LogP contribution in [0, 0.1) is 0 Å². The Morgan fingerprint density at radius 1 is 0.656 bits per heavy atom. The molecule has 7 heteroatoms. The molecule has 0 aromatic carbocycles. The van der Waals surface area contributed by atoms with Crippen molar-refractivity contribution in [2.45, 2.75) is 161 Å². The number of hydrogen-bond donors (Lipinski definition) is 0. The highest BCUT2D eigenvalue weighted by atomic mass is 28.4. The predicted octanol–water partition coefficient (Wildman–Crippen LogP) is 8.52. The van der Waals surface area contributed by atoms with Gasteiger partial charge in [-0.1, -0.05) is 54.3 Å². The Labute approximate surface area is 207 Å². The first-order chi connectivity index (χ1) is 14.0. The van der Waals surface area contributed by atoms with Crippen molar-refractivity contribution in [2.75, 3.05) is 0 Å². The molecule has 0 fully saturated rings. The zero-order valence-corrected chi connectivity index (χ0v) is 29.3. The molecule has 0 aromatic heterocycles. The Morgan fingerprint density at radius 2 is 1.09 bits per heavy atom. The molecule has 3 nitrogen and oxygen atoms in total. The second-order valence-corrected chi connectivity index (χ2v) is 30.3. The summed E-state index contributed by atoms with van der Waals surface area (Å²) >= 11 is 0. The van der Waals surface area contributed by atoms with Gasteiger partial charge in [0, 0.05) is 10.3 Å².